The van der Waals surface area contributed by atoms with E-state index >= 15 is 0 Å². The second kappa shape index (κ2) is 8.89. The fourth-order valence-corrected chi connectivity index (χ4v) is 3.54. The quantitative estimate of drug-likeness (QED) is 0.790. The summed E-state index contributed by atoms with van der Waals surface area (Å²) in [5.41, 5.74) is 0. The highest BCUT2D eigenvalue weighted by molar-refractivity contribution is 5.85. The Balaban J connectivity index is 0.00000200. The minimum atomic E-state index is 0. The van der Waals surface area contributed by atoms with E-state index in [9.17, 15) is 4.79 Å². The number of carbonyl (C=O) groups excluding carboxylic acids is 1. The minimum absolute atomic E-state index is 0. The topological polar surface area (TPSA) is 41.1 Å². The number of hydrogen-bond donors (Lipinski definition) is 2. The molecule has 3 unspecified atom stereocenters. The molecule has 118 valence electrons. The first-order valence-corrected chi connectivity index (χ1v) is 8.18. The summed E-state index contributed by atoms with van der Waals surface area (Å²) >= 11 is 0. The van der Waals surface area contributed by atoms with Gasteiger partial charge in [0.1, 0.15) is 0 Å². The van der Waals surface area contributed by atoms with Gasteiger partial charge in [-0.25, -0.2) is 0 Å². The molecule has 2 N–H and O–H groups in total. The molecule has 1 saturated carbocycles. The minimum Gasteiger partial charge on any atom is -0.353 e. The molecule has 0 aromatic heterocycles. The van der Waals surface area contributed by atoms with Crippen LogP contribution in [0.5, 0.6) is 0 Å². The third-order valence-electron chi connectivity index (χ3n) is 4.71. The molecule has 3 atom stereocenters. The maximum atomic E-state index is 12.1. The lowest BCUT2D eigenvalue weighted by Gasteiger charge is -2.22. The van der Waals surface area contributed by atoms with Crippen LogP contribution >= 0.6 is 12.4 Å². The molecule has 2 fully saturated rings. The van der Waals surface area contributed by atoms with Crippen molar-refractivity contribution in [2.24, 2.45) is 11.8 Å². The number of amides is 1. The first kappa shape index (κ1) is 17.8. The van der Waals surface area contributed by atoms with Crippen molar-refractivity contribution in [1.29, 1.82) is 0 Å². The SMILES string of the molecule is CC(C)CCC1CCCC1NC(=O)CC1CCCN1.Cl. The molecule has 1 heterocycles. The lowest BCUT2D eigenvalue weighted by molar-refractivity contribution is -0.122. The van der Waals surface area contributed by atoms with Gasteiger partial charge in [0, 0.05) is 18.5 Å². The molecule has 20 heavy (non-hydrogen) atoms. The average molecular weight is 303 g/mol. The van der Waals surface area contributed by atoms with E-state index in [0.717, 1.165) is 24.8 Å². The van der Waals surface area contributed by atoms with Crippen LogP contribution in [0.15, 0.2) is 0 Å². The standard InChI is InChI=1S/C16H30N2O.ClH/c1-12(2)8-9-13-5-3-7-15(13)18-16(19)11-14-6-4-10-17-14;/h12-15,17H,3-11H2,1-2H3,(H,18,19);1H. The average Bonchev–Trinajstić information content (AvgIpc) is 2.98. The zero-order chi connectivity index (χ0) is 13.7. The molecule has 0 bridgehead atoms. The molecule has 2 aliphatic rings. The van der Waals surface area contributed by atoms with Crippen LogP contribution in [0.25, 0.3) is 0 Å². The van der Waals surface area contributed by atoms with Crippen LogP contribution in [0.4, 0.5) is 0 Å². The van der Waals surface area contributed by atoms with Gasteiger partial charge >= 0.3 is 0 Å². The molecule has 1 saturated heterocycles. The summed E-state index contributed by atoms with van der Waals surface area (Å²) in [4.78, 5) is 12.1. The molecule has 1 amide bonds. The summed E-state index contributed by atoms with van der Waals surface area (Å²) < 4.78 is 0. The van der Waals surface area contributed by atoms with Gasteiger partial charge in [-0.2, -0.15) is 0 Å². The number of halogens is 1. The van der Waals surface area contributed by atoms with E-state index in [1.165, 1.54) is 38.5 Å². The van der Waals surface area contributed by atoms with Crippen LogP contribution in [0.2, 0.25) is 0 Å². The molecular weight excluding hydrogens is 272 g/mol. The molecule has 1 aliphatic heterocycles. The van der Waals surface area contributed by atoms with E-state index < -0.39 is 0 Å². The van der Waals surface area contributed by atoms with Gasteiger partial charge in [0.2, 0.25) is 5.91 Å². The molecule has 0 aromatic rings. The van der Waals surface area contributed by atoms with E-state index in [1.54, 1.807) is 0 Å². The largest absolute Gasteiger partial charge is 0.353 e. The van der Waals surface area contributed by atoms with E-state index in [2.05, 4.69) is 24.5 Å². The van der Waals surface area contributed by atoms with Crippen LogP contribution in [0.1, 0.15) is 65.2 Å². The Bertz CT molecular complexity index is 290. The molecule has 0 spiro atoms. The molecule has 2 rings (SSSR count). The van der Waals surface area contributed by atoms with Crippen molar-refractivity contribution in [2.45, 2.75) is 77.3 Å². The van der Waals surface area contributed by atoms with Crippen LogP contribution < -0.4 is 10.6 Å². The van der Waals surface area contributed by atoms with Gasteiger partial charge in [0.25, 0.3) is 0 Å². The molecule has 0 aromatic carbocycles. The highest BCUT2D eigenvalue weighted by Gasteiger charge is 2.29. The van der Waals surface area contributed by atoms with E-state index in [-0.39, 0.29) is 18.3 Å². The summed E-state index contributed by atoms with van der Waals surface area (Å²) in [7, 11) is 0. The van der Waals surface area contributed by atoms with Crippen LogP contribution in [-0.4, -0.2) is 24.5 Å². The Hall–Kier alpha value is -0.280. The number of rotatable bonds is 6. The zero-order valence-electron chi connectivity index (χ0n) is 13.0. The van der Waals surface area contributed by atoms with E-state index in [1.807, 2.05) is 0 Å². The van der Waals surface area contributed by atoms with Gasteiger partial charge in [-0.15, -0.1) is 12.4 Å². The van der Waals surface area contributed by atoms with Gasteiger partial charge in [0.15, 0.2) is 0 Å². The van der Waals surface area contributed by atoms with Gasteiger partial charge in [-0.1, -0.05) is 26.7 Å². The van der Waals surface area contributed by atoms with Crippen molar-refractivity contribution in [3.05, 3.63) is 0 Å². The maximum Gasteiger partial charge on any atom is 0.221 e. The van der Waals surface area contributed by atoms with Crippen LogP contribution in [0.3, 0.4) is 0 Å². The number of nitrogens with one attached hydrogen (secondary N) is 2. The van der Waals surface area contributed by atoms with Crippen molar-refractivity contribution in [2.75, 3.05) is 6.54 Å². The number of hydrogen-bond acceptors (Lipinski definition) is 2. The Morgan fingerprint density at radius 1 is 1.25 bits per heavy atom. The zero-order valence-corrected chi connectivity index (χ0v) is 13.8. The Morgan fingerprint density at radius 2 is 2.05 bits per heavy atom. The Morgan fingerprint density at radius 3 is 2.70 bits per heavy atom. The summed E-state index contributed by atoms with van der Waals surface area (Å²) in [6, 6.07) is 0.878. The summed E-state index contributed by atoms with van der Waals surface area (Å²) in [6.45, 7) is 5.65. The maximum absolute atomic E-state index is 12.1. The third-order valence-corrected chi connectivity index (χ3v) is 4.71. The van der Waals surface area contributed by atoms with Gasteiger partial charge in [0.05, 0.1) is 0 Å². The molecule has 0 radical (unpaired) electrons. The lowest BCUT2D eigenvalue weighted by atomic mass is 9.93. The van der Waals surface area contributed by atoms with Gasteiger partial charge in [-0.05, 0) is 50.5 Å². The summed E-state index contributed by atoms with van der Waals surface area (Å²) in [5.74, 6) is 1.77. The summed E-state index contributed by atoms with van der Waals surface area (Å²) in [5, 5.41) is 6.70. The van der Waals surface area contributed by atoms with E-state index in [4.69, 9.17) is 0 Å². The third kappa shape index (κ3) is 5.61. The van der Waals surface area contributed by atoms with Gasteiger partial charge in [-0.3, -0.25) is 4.79 Å². The molecular formula is C16H31ClN2O. The molecule has 1 aliphatic carbocycles. The number of carbonyl (C=O) groups is 1. The Labute approximate surface area is 130 Å². The van der Waals surface area contributed by atoms with Crippen molar-refractivity contribution in [3.8, 4) is 0 Å². The van der Waals surface area contributed by atoms with Crippen molar-refractivity contribution in [1.82, 2.24) is 10.6 Å². The molecule has 3 nitrogen and oxygen atoms in total. The highest BCUT2D eigenvalue weighted by Crippen LogP contribution is 2.30. The fourth-order valence-electron chi connectivity index (χ4n) is 3.54. The summed E-state index contributed by atoms with van der Waals surface area (Å²) in [6.07, 6.45) is 9.41. The van der Waals surface area contributed by atoms with Crippen molar-refractivity contribution in [3.63, 3.8) is 0 Å². The van der Waals surface area contributed by atoms with Crippen molar-refractivity contribution < 1.29 is 4.79 Å². The van der Waals surface area contributed by atoms with Crippen LogP contribution in [-0.2, 0) is 4.79 Å². The second-order valence-corrected chi connectivity index (χ2v) is 6.83. The monoisotopic (exact) mass is 302 g/mol. The predicted octanol–water partition coefficient (Wildman–Crippen LogP) is 3.27. The van der Waals surface area contributed by atoms with Crippen LogP contribution in [0, 0.1) is 11.8 Å². The lowest BCUT2D eigenvalue weighted by Crippen LogP contribution is -2.40. The second-order valence-electron chi connectivity index (χ2n) is 6.83. The molecule has 4 heteroatoms. The first-order chi connectivity index (χ1) is 9.15. The predicted molar refractivity (Wildman–Crippen MR) is 86.2 cm³/mol. The van der Waals surface area contributed by atoms with Crippen molar-refractivity contribution >= 4 is 18.3 Å². The highest BCUT2D eigenvalue weighted by atomic mass is 35.5. The fraction of sp³-hybridized carbons (Fsp3) is 0.938. The van der Waals surface area contributed by atoms with E-state index in [0.29, 0.717) is 18.5 Å². The Kier molecular flexibility index (Phi) is 7.90. The van der Waals surface area contributed by atoms with Gasteiger partial charge < -0.3 is 10.6 Å². The first-order valence-electron chi connectivity index (χ1n) is 8.18. The normalized spacial score (nSPS) is 29.4. The smallest absolute Gasteiger partial charge is 0.221 e.